The molecule has 1 radical (unpaired) electrons. The van der Waals surface area contributed by atoms with Crippen LogP contribution in [0.15, 0.2) is 72.0 Å². The van der Waals surface area contributed by atoms with Crippen LogP contribution in [0.25, 0.3) is 0 Å². The van der Waals surface area contributed by atoms with Gasteiger partial charge in [0, 0.05) is 41.3 Å². The number of pyridine rings is 1. The molecule has 2 aliphatic rings. The number of ketones is 1. The van der Waals surface area contributed by atoms with Gasteiger partial charge in [-0.15, -0.1) is 0 Å². The number of carbonyl (C=O) groups is 2. The van der Waals surface area contributed by atoms with Crippen molar-refractivity contribution in [1.29, 1.82) is 0 Å². The van der Waals surface area contributed by atoms with Crippen LogP contribution >= 0.6 is 0 Å². The first-order chi connectivity index (χ1) is 14.6. The van der Waals surface area contributed by atoms with Crippen molar-refractivity contribution in [2.75, 3.05) is 17.2 Å². The summed E-state index contributed by atoms with van der Waals surface area (Å²) in [7, 11) is 0. The number of rotatable bonds is 4. The van der Waals surface area contributed by atoms with Crippen molar-refractivity contribution in [2.45, 2.75) is 12.5 Å². The Morgan fingerprint density at radius 1 is 1.13 bits per heavy atom. The van der Waals surface area contributed by atoms with Crippen LogP contribution in [0.5, 0.6) is 0 Å². The van der Waals surface area contributed by atoms with E-state index in [1.54, 1.807) is 23.2 Å². The largest absolute Gasteiger partial charge is 0.399 e. The van der Waals surface area contributed by atoms with Gasteiger partial charge in [0.1, 0.15) is 6.04 Å². The van der Waals surface area contributed by atoms with Crippen LogP contribution in [-0.2, 0) is 11.2 Å². The second-order valence-corrected chi connectivity index (χ2v) is 7.38. The zero-order valence-electron chi connectivity index (χ0n) is 16.2. The molecule has 0 spiro atoms. The molecule has 1 aromatic heterocycles. The molecule has 2 N–H and O–H groups in total. The number of nitrogens with two attached hydrogens (primary N) is 1. The average Bonchev–Trinajstić information content (AvgIpc) is 3.16. The van der Waals surface area contributed by atoms with Gasteiger partial charge >= 0.3 is 0 Å². The van der Waals surface area contributed by atoms with Gasteiger partial charge in [0.15, 0.2) is 5.78 Å². The van der Waals surface area contributed by atoms with Crippen molar-refractivity contribution < 1.29 is 9.59 Å². The van der Waals surface area contributed by atoms with Crippen LogP contribution in [0.3, 0.4) is 0 Å². The summed E-state index contributed by atoms with van der Waals surface area (Å²) < 4.78 is 0. The minimum absolute atomic E-state index is 0.206. The molecule has 0 unspecified atom stereocenters. The van der Waals surface area contributed by atoms with Crippen LogP contribution in [0.1, 0.15) is 27.0 Å². The molecule has 6 nitrogen and oxygen atoms in total. The first kappa shape index (κ1) is 18.2. The molecule has 3 heterocycles. The molecule has 1 atom stereocenters. The molecule has 0 saturated heterocycles. The van der Waals surface area contributed by atoms with Crippen molar-refractivity contribution in [3.05, 3.63) is 95.7 Å². The van der Waals surface area contributed by atoms with E-state index in [1.165, 1.54) is 12.6 Å². The quantitative estimate of drug-likeness (QED) is 0.543. The van der Waals surface area contributed by atoms with Crippen LogP contribution in [0.4, 0.5) is 11.4 Å². The standard InChI is InChI=1S/C24H19N4O2/c25-18-11-16-8-10-28-23(16)19(12-18)22(15-5-2-1-3-6-15)27-20(24(28)30)13-21(29)17-7-4-9-26-14-17/h1-7,9,11-14,20H,8,10,25H2/t20-/m0/s1. The van der Waals surface area contributed by atoms with E-state index in [1.807, 2.05) is 42.5 Å². The molecule has 0 fully saturated rings. The van der Waals surface area contributed by atoms with E-state index in [2.05, 4.69) is 4.98 Å². The highest BCUT2D eigenvalue weighted by Crippen LogP contribution is 2.38. The zero-order valence-corrected chi connectivity index (χ0v) is 16.2. The highest BCUT2D eigenvalue weighted by Gasteiger charge is 2.37. The molecule has 0 bridgehead atoms. The van der Waals surface area contributed by atoms with E-state index >= 15 is 0 Å². The molecule has 3 aromatic rings. The predicted molar refractivity (Wildman–Crippen MR) is 116 cm³/mol. The molecule has 1 amide bonds. The van der Waals surface area contributed by atoms with Crippen LogP contribution < -0.4 is 10.6 Å². The van der Waals surface area contributed by atoms with Gasteiger partial charge in [-0.05, 0) is 36.2 Å². The van der Waals surface area contributed by atoms with Gasteiger partial charge in [0.25, 0.3) is 5.91 Å². The Morgan fingerprint density at radius 3 is 2.73 bits per heavy atom. The highest BCUT2D eigenvalue weighted by molar-refractivity contribution is 6.22. The number of carbonyl (C=O) groups excluding carboxylic acids is 2. The minimum Gasteiger partial charge on any atom is -0.399 e. The van der Waals surface area contributed by atoms with E-state index in [4.69, 9.17) is 10.7 Å². The van der Waals surface area contributed by atoms with Crippen molar-refractivity contribution in [3.8, 4) is 0 Å². The predicted octanol–water partition coefficient (Wildman–Crippen LogP) is 2.86. The first-order valence-electron chi connectivity index (χ1n) is 9.78. The average molecular weight is 395 g/mol. The molecule has 0 aliphatic carbocycles. The lowest BCUT2D eigenvalue weighted by Gasteiger charge is -2.20. The van der Waals surface area contributed by atoms with Gasteiger partial charge in [0.05, 0.1) is 17.8 Å². The number of nitrogens with zero attached hydrogens (tertiary/aromatic N) is 3. The van der Waals surface area contributed by atoms with Gasteiger partial charge in [-0.25, -0.2) is 0 Å². The van der Waals surface area contributed by atoms with E-state index in [0.717, 1.165) is 28.8 Å². The number of hydrogen-bond donors (Lipinski definition) is 1. The molecular formula is C24H19N4O2. The third-order valence-corrected chi connectivity index (χ3v) is 5.43. The summed E-state index contributed by atoms with van der Waals surface area (Å²) in [4.78, 5) is 36.7. The second kappa shape index (κ2) is 7.22. The molecular weight excluding hydrogens is 376 g/mol. The van der Waals surface area contributed by atoms with E-state index in [-0.39, 0.29) is 11.7 Å². The fourth-order valence-corrected chi connectivity index (χ4v) is 4.08. The lowest BCUT2D eigenvalue weighted by molar-refractivity contribution is -0.118. The Kier molecular flexibility index (Phi) is 4.39. The summed E-state index contributed by atoms with van der Waals surface area (Å²) in [5.74, 6) is -0.481. The summed E-state index contributed by atoms with van der Waals surface area (Å²) in [6.07, 6.45) is 5.21. The summed E-state index contributed by atoms with van der Waals surface area (Å²) >= 11 is 0. The molecule has 6 heteroatoms. The Hall–Kier alpha value is -3.80. The maximum atomic E-state index is 13.4. The maximum absolute atomic E-state index is 13.4. The maximum Gasteiger partial charge on any atom is 0.252 e. The molecule has 0 saturated carbocycles. The SMILES string of the molecule is Nc1cc2c3c(c1)C(c1ccccc1)=N[C@@H]([CH]C(=O)c1cccnc1)C(=O)N3CC2. The lowest BCUT2D eigenvalue weighted by Crippen LogP contribution is -2.38. The number of aliphatic imine (C=N–C) groups is 1. The number of hydrogen-bond acceptors (Lipinski definition) is 5. The van der Waals surface area contributed by atoms with E-state index < -0.39 is 6.04 Å². The minimum atomic E-state index is -0.924. The van der Waals surface area contributed by atoms with Gasteiger partial charge in [-0.3, -0.25) is 19.6 Å². The smallest absolute Gasteiger partial charge is 0.252 e. The van der Waals surface area contributed by atoms with Crippen molar-refractivity contribution in [1.82, 2.24) is 4.98 Å². The van der Waals surface area contributed by atoms with Crippen LogP contribution in [0.2, 0.25) is 0 Å². The van der Waals surface area contributed by atoms with Gasteiger partial charge in [0.2, 0.25) is 0 Å². The van der Waals surface area contributed by atoms with Crippen molar-refractivity contribution in [2.24, 2.45) is 4.99 Å². The van der Waals surface area contributed by atoms with Crippen LogP contribution in [0, 0.1) is 6.42 Å². The molecule has 5 rings (SSSR count). The number of amides is 1. The Labute approximate surface area is 174 Å². The van der Waals surface area contributed by atoms with Crippen molar-refractivity contribution >= 4 is 28.8 Å². The normalized spacial score (nSPS) is 17.3. The lowest BCUT2D eigenvalue weighted by atomic mass is 9.97. The van der Waals surface area contributed by atoms with Gasteiger partial charge in [-0.1, -0.05) is 30.3 Å². The number of benzene rings is 2. The number of nitrogen functional groups attached to an aromatic ring is 1. The highest BCUT2D eigenvalue weighted by atomic mass is 16.2. The monoisotopic (exact) mass is 395 g/mol. The van der Waals surface area contributed by atoms with E-state index in [9.17, 15) is 9.59 Å². The number of anilines is 2. The third-order valence-electron chi connectivity index (χ3n) is 5.43. The Balaban J connectivity index is 1.64. The molecule has 30 heavy (non-hydrogen) atoms. The fraction of sp³-hybridized carbons (Fsp3) is 0.125. The van der Waals surface area contributed by atoms with Gasteiger partial charge in [-0.2, -0.15) is 0 Å². The second-order valence-electron chi connectivity index (χ2n) is 7.38. The summed E-state index contributed by atoms with van der Waals surface area (Å²) in [6.45, 7) is 0.549. The fourth-order valence-electron chi connectivity index (χ4n) is 4.08. The molecule has 2 aliphatic heterocycles. The molecule has 147 valence electrons. The van der Waals surface area contributed by atoms with Crippen LogP contribution in [-0.4, -0.2) is 35.0 Å². The zero-order chi connectivity index (χ0) is 20.7. The van der Waals surface area contributed by atoms with Gasteiger partial charge < -0.3 is 10.6 Å². The Bertz CT molecular complexity index is 1170. The first-order valence-corrected chi connectivity index (χ1v) is 9.78. The number of Topliss-reactive ketones (excluding diaryl/α,β-unsaturated/α-hetero) is 1. The Morgan fingerprint density at radius 2 is 1.97 bits per heavy atom. The summed E-state index contributed by atoms with van der Waals surface area (Å²) in [6, 6.07) is 15.9. The summed E-state index contributed by atoms with van der Waals surface area (Å²) in [5, 5.41) is 0. The molecule has 2 aromatic carbocycles. The topological polar surface area (TPSA) is 88.6 Å². The number of aromatic nitrogens is 1. The van der Waals surface area contributed by atoms with E-state index in [0.29, 0.717) is 23.5 Å². The third kappa shape index (κ3) is 3.06. The van der Waals surface area contributed by atoms with Crippen molar-refractivity contribution in [3.63, 3.8) is 0 Å². The summed E-state index contributed by atoms with van der Waals surface area (Å²) in [5.41, 5.74) is 11.5.